The standard InChI is InChI=1S/C13H12N2O4S2/c1-19-12(16)11-7-10(13(20-2)21-11)14-8-4-3-5-9(6-8)15(17)18/h3-7,14H,1-2H3. The van der Waals surface area contributed by atoms with Crippen LogP contribution in [0.3, 0.4) is 0 Å². The minimum atomic E-state index is -0.450. The summed E-state index contributed by atoms with van der Waals surface area (Å²) in [6.07, 6.45) is 1.89. The van der Waals surface area contributed by atoms with Gasteiger partial charge >= 0.3 is 5.97 Å². The van der Waals surface area contributed by atoms with Crippen molar-refractivity contribution in [2.75, 3.05) is 18.7 Å². The Morgan fingerprint density at radius 3 is 2.81 bits per heavy atom. The first-order valence-electron chi connectivity index (χ1n) is 5.82. The molecule has 110 valence electrons. The zero-order valence-corrected chi connectivity index (χ0v) is 12.9. The Kier molecular flexibility index (Phi) is 4.81. The second kappa shape index (κ2) is 6.59. The van der Waals surface area contributed by atoms with Crippen LogP contribution in [0.15, 0.2) is 34.5 Å². The lowest BCUT2D eigenvalue weighted by atomic mass is 10.2. The van der Waals surface area contributed by atoms with Crippen molar-refractivity contribution < 1.29 is 14.5 Å². The van der Waals surface area contributed by atoms with Gasteiger partial charge in [0, 0.05) is 17.8 Å². The lowest BCUT2D eigenvalue weighted by Crippen LogP contribution is -1.97. The molecular formula is C13H12N2O4S2. The van der Waals surface area contributed by atoms with Crippen LogP contribution in [-0.4, -0.2) is 24.3 Å². The Hall–Kier alpha value is -2.06. The molecule has 2 aromatic rings. The molecule has 21 heavy (non-hydrogen) atoms. The van der Waals surface area contributed by atoms with E-state index in [-0.39, 0.29) is 5.69 Å². The third kappa shape index (κ3) is 3.53. The second-order valence-corrected chi connectivity index (χ2v) is 6.07. The smallest absolute Gasteiger partial charge is 0.348 e. The van der Waals surface area contributed by atoms with Crippen LogP contribution in [0, 0.1) is 10.1 Å². The first-order valence-corrected chi connectivity index (χ1v) is 7.87. The van der Waals surface area contributed by atoms with Gasteiger partial charge in [-0.3, -0.25) is 10.1 Å². The summed E-state index contributed by atoms with van der Waals surface area (Å²) < 4.78 is 5.60. The normalized spacial score (nSPS) is 10.2. The van der Waals surface area contributed by atoms with E-state index in [2.05, 4.69) is 5.32 Å². The number of rotatable bonds is 5. The highest BCUT2D eigenvalue weighted by Gasteiger charge is 2.15. The minimum Gasteiger partial charge on any atom is -0.465 e. The number of nitro benzene ring substituents is 1. The van der Waals surface area contributed by atoms with Gasteiger partial charge in [0.05, 0.1) is 21.9 Å². The van der Waals surface area contributed by atoms with Crippen molar-refractivity contribution in [3.8, 4) is 0 Å². The molecule has 0 saturated heterocycles. The Balaban J connectivity index is 2.30. The molecule has 1 aromatic heterocycles. The van der Waals surface area contributed by atoms with E-state index in [1.807, 2.05) is 6.26 Å². The molecule has 1 heterocycles. The number of nitro groups is 1. The molecule has 0 aliphatic rings. The van der Waals surface area contributed by atoms with Crippen molar-refractivity contribution in [1.82, 2.24) is 0 Å². The first kappa shape index (κ1) is 15.3. The highest BCUT2D eigenvalue weighted by Crippen LogP contribution is 2.37. The lowest BCUT2D eigenvalue weighted by Gasteiger charge is -2.05. The summed E-state index contributed by atoms with van der Waals surface area (Å²) in [4.78, 5) is 22.4. The topological polar surface area (TPSA) is 81.5 Å². The van der Waals surface area contributed by atoms with Crippen molar-refractivity contribution in [1.29, 1.82) is 0 Å². The number of carbonyl (C=O) groups is 1. The zero-order valence-electron chi connectivity index (χ0n) is 11.3. The van der Waals surface area contributed by atoms with Crippen molar-refractivity contribution >= 4 is 46.1 Å². The number of non-ortho nitro benzene ring substituents is 1. The molecule has 0 aliphatic heterocycles. The fourth-order valence-corrected chi connectivity index (χ4v) is 3.36. The average Bonchev–Trinajstić information content (AvgIpc) is 2.89. The number of thiophene rings is 1. The summed E-state index contributed by atoms with van der Waals surface area (Å²) >= 11 is 2.80. The van der Waals surface area contributed by atoms with E-state index in [1.54, 1.807) is 18.2 Å². The first-order chi connectivity index (χ1) is 10.0. The van der Waals surface area contributed by atoms with Crippen LogP contribution in [0.2, 0.25) is 0 Å². The summed E-state index contributed by atoms with van der Waals surface area (Å²) in [6, 6.07) is 7.88. The second-order valence-electron chi connectivity index (χ2n) is 3.94. The monoisotopic (exact) mass is 324 g/mol. The molecule has 2 rings (SSSR count). The molecule has 0 amide bonds. The molecule has 1 aromatic carbocycles. The maximum absolute atomic E-state index is 11.6. The number of anilines is 2. The van der Waals surface area contributed by atoms with Gasteiger partial charge < -0.3 is 10.1 Å². The van der Waals surface area contributed by atoms with Crippen LogP contribution in [-0.2, 0) is 4.74 Å². The number of nitrogens with zero attached hydrogens (tertiary/aromatic N) is 1. The highest BCUT2D eigenvalue weighted by molar-refractivity contribution is 8.00. The van der Waals surface area contributed by atoms with E-state index < -0.39 is 10.9 Å². The largest absolute Gasteiger partial charge is 0.465 e. The van der Waals surface area contributed by atoms with E-state index in [4.69, 9.17) is 4.74 Å². The van der Waals surface area contributed by atoms with E-state index in [0.717, 1.165) is 9.90 Å². The summed E-state index contributed by atoms with van der Waals surface area (Å²) in [7, 11) is 1.33. The van der Waals surface area contributed by atoms with Crippen LogP contribution < -0.4 is 5.32 Å². The molecule has 0 unspecified atom stereocenters. The summed E-state index contributed by atoms with van der Waals surface area (Å²) in [6.45, 7) is 0. The van der Waals surface area contributed by atoms with Crippen LogP contribution in [0.25, 0.3) is 0 Å². The predicted molar refractivity (Wildman–Crippen MR) is 83.8 cm³/mol. The lowest BCUT2D eigenvalue weighted by molar-refractivity contribution is -0.384. The molecular weight excluding hydrogens is 312 g/mol. The molecule has 6 nitrogen and oxygen atoms in total. The van der Waals surface area contributed by atoms with Gasteiger partial charge in [0.1, 0.15) is 4.88 Å². The van der Waals surface area contributed by atoms with Gasteiger partial charge in [0.15, 0.2) is 0 Å². The maximum atomic E-state index is 11.6. The van der Waals surface area contributed by atoms with Gasteiger partial charge in [-0.05, 0) is 18.4 Å². The van der Waals surface area contributed by atoms with Crippen LogP contribution >= 0.6 is 23.1 Å². The van der Waals surface area contributed by atoms with Crippen LogP contribution in [0.4, 0.5) is 17.1 Å². The Morgan fingerprint density at radius 2 is 2.19 bits per heavy atom. The van der Waals surface area contributed by atoms with Crippen molar-refractivity contribution in [3.05, 3.63) is 45.3 Å². The Morgan fingerprint density at radius 1 is 1.43 bits per heavy atom. The number of methoxy groups -OCH3 is 1. The summed E-state index contributed by atoms with van der Waals surface area (Å²) in [5.41, 5.74) is 1.33. The Labute approximate surface area is 129 Å². The quantitative estimate of drug-likeness (QED) is 0.389. The number of ether oxygens (including phenoxy) is 1. The van der Waals surface area contributed by atoms with Gasteiger partial charge in [-0.15, -0.1) is 23.1 Å². The van der Waals surface area contributed by atoms with E-state index in [9.17, 15) is 14.9 Å². The molecule has 1 N–H and O–H groups in total. The third-order valence-corrected chi connectivity index (χ3v) is 4.86. The molecule has 0 fully saturated rings. The number of nitrogens with one attached hydrogen (secondary N) is 1. The number of thioether (sulfide) groups is 1. The number of esters is 1. The fraction of sp³-hybridized carbons (Fsp3) is 0.154. The maximum Gasteiger partial charge on any atom is 0.348 e. The van der Waals surface area contributed by atoms with Gasteiger partial charge in [0.25, 0.3) is 5.69 Å². The molecule has 0 aliphatic carbocycles. The molecule has 0 radical (unpaired) electrons. The number of hydrogen-bond donors (Lipinski definition) is 1. The van der Waals surface area contributed by atoms with Gasteiger partial charge in [-0.2, -0.15) is 0 Å². The summed E-state index contributed by atoms with van der Waals surface area (Å²) in [5, 5.41) is 13.9. The zero-order chi connectivity index (χ0) is 15.4. The third-order valence-electron chi connectivity index (χ3n) is 2.61. The molecule has 0 bridgehead atoms. The minimum absolute atomic E-state index is 0.00845. The Bertz CT molecular complexity index is 685. The van der Waals surface area contributed by atoms with Gasteiger partial charge in [0.2, 0.25) is 0 Å². The van der Waals surface area contributed by atoms with E-state index >= 15 is 0 Å². The van der Waals surface area contributed by atoms with Gasteiger partial charge in [-0.25, -0.2) is 4.79 Å². The molecule has 0 saturated carbocycles. The summed E-state index contributed by atoms with van der Waals surface area (Å²) in [5.74, 6) is -0.401. The van der Waals surface area contributed by atoms with Crippen LogP contribution in [0.5, 0.6) is 0 Å². The average molecular weight is 324 g/mol. The number of benzene rings is 1. The fourth-order valence-electron chi connectivity index (χ4n) is 1.67. The predicted octanol–water partition coefficient (Wildman–Crippen LogP) is 3.91. The van der Waals surface area contributed by atoms with Crippen molar-refractivity contribution in [2.24, 2.45) is 0 Å². The van der Waals surface area contributed by atoms with Crippen LogP contribution in [0.1, 0.15) is 9.67 Å². The van der Waals surface area contributed by atoms with Crippen molar-refractivity contribution in [3.63, 3.8) is 0 Å². The number of hydrogen-bond acceptors (Lipinski definition) is 7. The van der Waals surface area contributed by atoms with E-state index in [1.165, 1.54) is 42.3 Å². The molecule has 0 spiro atoms. The molecule has 0 atom stereocenters. The highest BCUT2D eigenvalue weighted by atomic mass is 32.2. The number of carbonyl (C=O) groups excluding carboxylic acids is 1. The SMILES string of the molecule is COC(=O)c1cc(Nc2cccc([N+](=O)[O-])c2)c(SC)s1. The van der Waals surface area contributed by atoms with Crippen molar-refractivity contribution in [2.45, 2.75) is 4.21 Å². The molecule has 8 heteroatoms. The van der Waals surface area contributed by atoms with Gasteiger partial charge in [-0.1, -0.05) is 6.07 Å². The van der Waals surface area contributed by atoms with E-state index in [0.29, 0.717) is 10.6 Å².